The van der Waals surface area contributed by atoms with Crippen LogP contribution in [0.4, 0.5) is 8.78 Å². The van der Waals surface area contributed by atoms with E-state index in [1.807, 2.05) is 0 Å². The molecule has 21 heavy (non-hydrogen) atoms. The molecular weight excluding hydrogens is 278 g/mol. The van der Waals surface area contributed by atoms with Crippen molar-refractivity contribution in [2.75, 3.05) is 6.61 Å². The van der Waals surface area contributed by atoms with E-state index >= 15 is 0 Å². The number of carbonyl (C=O) groups excluding carboxylic acids is 2. The second-order valence-corrected chi connectivity index (χ2v) is 4.42. The van der Waals surface area contributed by atoms with Crippen LogP contribution < -0.4 is 4.74 Å². The minimum absolute atomic E-state index is 0.0428. The van der Waals surface area contributed by atoms with Gasteiger partial charge < -0.3 is 4.74 Å². The summed E-state index contributed by atoms with van der Waals surface area (Å²) in [4.78, 5) is 22.9. The molecule has 3 nitrogen and oxygen atoms in total. The quantitative estimate of drug-likeness (QED) is 0.792. The molecule has 0 N–H and O–H groups in total. The first-order valence-corrected chi connectivity index (χ1v) is 6.19. The van der Waals surface area contributed by atoms with Crippen LogP contribution in [0.2, 0.25) is 0 Å². The molecule has 2 rings (SSSR count). The number of hydrogen-bond acceptors (Lipinski definition) is 3. The van der Waals surface area contributed by atoms with E-state index in [-0.39, 0.29) is 23.5 Å². The summed E-state index contributed by atoms with van der Waals surface area (Å²) in [5, 5.41) is 0. The molecule has 0 fully saturated rings. The monoisotopic (exact) mass is 290 g/mol. The smallest absolute Gasteiger partial charge is 0.200 e. The number of ketones is 2. The molecule has 0 aliphatic carbocycles. The number of hydrogen-bond donors (Lipinski definition) is 0. The van der Waals surface area contributed by atoms with Crippen LogP contribution in [0.3, 0.4) is 0 Å². The number of benzene rings is 2. The summed E-state index contributed by atoms with van der Waals surface area (Å²) in [6.45, 7) is 0.911. The molecule has 2 aromatic rings. The Morgan fingerprint density at radius 1 is 1.10 bits per heavy atom. The normalized spacial score (nSPS) is 10.2. The van der Waals surface area contributed by atoms with Gasteiger partial charge in [-0.1, -0.05) is 12.1 Å². The Labute approximate surface area is 120 Å². The number of ether oxygens (including phenoxy) is 1. The molecule has 0 amide bonds. The lowest BCUT2D eigenvalue weighted by Gasteiger charge is -2.07. The van der Waals surface area contributed by atoms with Gasteiger partial charge in [-0.25, -0.2) is 8.78 Å². The van der Waals surface area contributed by atoms with Gasteiger partial charge in [-0.15, -0.1) is 0 Å². The molecule has 0 heterocycles. The SMILES string of the molecule is CC(=O)c1ccc(OCC(=O)c2cccc(F)c2)cc1F. The standard InChI is InChI=1S/C16H12F2O3/c1-10(19)14-6-5-13(8-15(14)18)21-9-16(20)11-3-2-4-12(17)7-11/h2-8H,9H2,1H3. The molecular formula is C16H12F2O3. The van der Waals surface area contributed by atoms with E-state index in [9.17, 15) is 18.4 Å². The molecule has 0 saturated carbocycles. The summed E-state index contributed by atoms with van der Waals surface area (Å²) in [7, 11) is 0. The first kappa shape index (κ1) is 14.8. The van der Waals surface area contributed by atoms with Crippen molar-refractivity contribution < 1.29 is 23.1 Å². The molecule has 0 radical (unpaired) electrons. The lowest BCUT2D eigenvalue weighted by atomic mass is 10.1. The lowest BCUT2D eigenvalue weighted by molar-refractivity contribution is 0.0919. The Morgan fingerprint density at radius 2 is 1.86 bits per heavy atom. The Balaban J connectivity index is 2.05. The summed E-state index contributed by atoms with van der Waals surface area (Å²) in [5.74, 6) is -1.92. The molecule has 2 aromatic carbocycles. The summed E-state index contributed by atoms with van der Waals surface area (Å²) in [6.07, 6.45) is 0. The van der Waals surface area contributed by atoms with Crippen LogP contribution in [-0.4, -0.2) is 18.2 Å². The summed E-state index contributed by atoms with van der Waals surface area (Å²) < 4.78 is 31.7. The van der Waals surface area contributed by atoms with Crippen molar-refractivity contribution in [3.63, 3.8) is 0 Å². The van der Waals surface area contributed by atoms with Crippen molar-refractivity contribution in [3.8, 4) is 5.75 Å². The van der Waals surface area contributed by atoms with Crippen LogP contribution in [0.5, 0.6) is 5.75 Å². The number of halogens is 2. The maximum atomic E-state index is 13.6. The zero-order valence-corrected chi connectivity index (χ0v) is 11.2. The number of rotatable bonds is 5. The molecule has 5 heteroatoms. The van der Waals surface area contributed by atoms with Crippen LogP contribution >= 0.6 is 0 Å². The van der Waals surface area contributed by atoms with E-state index in [0.29, 0.717) is 0 Å². The van der Waals surface area contributed by atoms with Gasteiger partial charge in [0.25, 0.3) is 0 Å². The summed E-state index contributed by atoms with van der Waals surface area (Å²) in [5.41, 5.74) is 0.134. The van der Waals surface area contributed by atoms with Crippen LogP contribution in [0.1, 0.15) is 27.6 Å². The Hall–Kier alpha value is -2.56. The van der Waals surface area contributed by atoms with Crippen molar-refractivity contribution in [1.82, 2.24) is 0 Å². The fourth-order valence-electron chi connectivity index (χ4n) is 1.77. The molecule has 0 bridgehead atoms. The van der Waals surface area contributed by atoms with Gasteiger partial charge in [0, 0.05) is 11.6 Å². The molecule has 0 saturated heterocycles. The highest BCUT2D eigenvalue weighted by Gasteiger charge is 2.11. The van der Waals surface area contributed by atoms with Gasteiger partial charge in [0.15, 0.2) is 18.2 Å². The van der Waals surface area contributed by atoms with Crippen molar-refractivity contribution in [2.24, 2.45) is 0 Å². The third-order valence-corrected chi connectivity index (χ3v) is 2.84. The maximum Gasteiger partial charge on any atom is 0.200 e. The first-order valence-electron chi connectivity index (χ1n) is 6.19. The van der Waals surface area contributed by atoms with E-state index in [0.717, 1.165) is 12.1 Å². The van der Waals surface area contributed by atoms with Crippen LogP contribution in [0.15, 0.2) is 42.5 Å². The van der Waals surface area contributed by atoms with E-state index < -0.39 is 23.2 Å². The van der Waals surface area contributed by atoms with Crippen molar-refractivity contribution in [1.29, 1.82) is 0 Å². The predicted molar refractivity (Wildman–Crippen MR) is 72.6 cm³/mol. The fraction of sp³-hybridized carbons (Fsp3) is 0.125. The number of Topliss-reactive ketones (excluding diaryl/α,β-unsaturated/α-hetero) is 2. The molecule has 0 unspecified atom stereocenters. The Morgan fingerprint density at radius 3 is 2.48 bits per heavy atom. The van der Waals surface area contributed by atoms with Crippen molar-refractivity contribution in [2.45, 2.75) is 6.92 Å². The molecule has 0 atom stereocenters. The van der Waals surface area contributed by atoms with Crippen molar-refractivity contribution in [3.05, 3.63) is 65.2 Å². The fourth-order valence-corrected chi connectivity index (χ4v) is 1.77. The molecule has 0 aromatic heterocycles. The largest absolute Gasteiger partial charge is 0.485 e. The Bertz CT molecular complexity index is 696. The topological polar surface area (TPSA) is 43.4 Å². The molecule has 0 spiro atoms. The highest BCUT2D eigenvalue weighted by molar-refractivity contribution is 5.97. The number of carbonyl (C=O) groups is 2. The summed E-state index contributed by atoms with van der Waals surface area (Å²) in [6, 6.07) is 8.95. The van der Waals surface area contributed by atoms with Crippen LogP contribution in [0.25, 0.3) is 0 Å². The van der Waals surface area contributed by atoms with Gasteiger partial charge in [-0.2, -0.15) is 0 Å². The zero-order valence-electron chi connectivity index (χ0n) is 11.2. The van der Waals surface area contributed by atoms with Crippen LogP contribution in [0, 0.1) is 11.6 Å². The first-order chi connectivity index (χ1) is 9.97. The van der Waals surface area contributed by atoms with E-state index in [4.69, 9.17) is 4.74 Å². The third kappa shape index (κ3) is 3.72. The van der Waals surface area contributed by atoms with Crippen LogP contribution in [-0.2, 0) is 0 Å². The second-order valence-electron chi connectivity index (χ2n) is 4.42. The zero-order chi connectivity index (χ0) is 15.4. The van der Waals surface area contributed by atoms with Gasteiger partial charge >= 0.3 is 0 Å². The van der Waals surface area contributed by atoms with Gasteiger partial charge in [0.05, 0.1) is 5.56 Å². The van der Waals surface area contributed by atoms with E-state index in [1.54, 1.807) is 0 Å². The minimum Gasteiger partial charge on any atom is -0.485 e. The molecule has 108 valence electrons. The average molecular weight is 290 g/mol. The van der Waals surface area contributed by atoms with Crippen molar-refractivity contribution >= 4 is 11.6 Å². The van der Waals surface area contributed by atoms with Gasteiger partial charge in [-0.05, 0) is 31.2 Å². The van der Waals surface area contributed by atoms with Gasteiger partial charge in [-0.3, -0.25) is 9.59 Å². The van der Waals surface area contributed by atoms with E-state index in [2.05, 4.69) is 0 Å². The predicted octanol–water partition coefficient (Wildman–Crippen LogP) is 3.43. The Kier molecular flexibility index (Phi) is 4.42. The highest BCUT2D eigenvalue weighted by Crippen LogP contribution is 2.17. The lowest BCUT2D eigenvalue weighted by Crippen LogP contribution is -2.12. The van der Waals surface area contributed by atoms with Gasteiger partial charge in [0.1, 0.15) is 17.4 Å². The highest BCUT2D eigenvalue weighted by atomic mass is 19.1. The average Bonchev–Trinajstić information content (AvgIpc) is 2.44. The second kappa shape index (κ2) is 6.26. The molecule has 0 aliphatic rings. The maximum absolute atomic E-state index is 13.6. The van der Waals surface area contributed by atoms with Gasteiger partial charge in [0.2, 0.25) is 0 Å². The third-order valence-electron chi connectivity index (χ3n) is 2.84. The molecule has 0 aliphatic heterocycles. The van der Waals surface area contributed by atoms with E-state index in [1.165, 1.54) is 37.3 Å². The summed E-state index contributed by atoms with van der Waals surface area (Å²) >= 11 is 0. The minimum atomic E-state index is -0.710.